The fraction of sp³-hybridized carbons (Fsp3) is 0.100. The molecule has 1 aromatic heterocycles. The van der Waals surface area contributed by atoms with E-state index in [1.807, 2.05) is 30.3 Å². The van der Waals surface area contributed by atoms with E-state index in [0.717, 1.165) is 10.4 Å². The lowest BCUT2D eigenvalue weighted by Gasteiger charge is -2.06. The van der Waals surface area contributed by atoms with Gasteiger partial charge in [0.25, 0.3) is 0 Å². The molecule has 0 fully saturated rings. The summed E-state index contributed by atoms with van der Waals surface area (Å²) in [7, 11) is 0. The summed E-state index contributed by atoms with van der Waals surface area (Å²) < 4.78 is 0. The molecule has 15 heavy (non-hydrogen) atoms. The Bertz CT molecular complexity index is 439. The predicted molar refractivity (Wildman–Crippen MR) is 55.0 cm³/mol. The number of nitrogen functional groups attached to an aromatic ring is 1. The van der Waals surface area contributed by atoms with E-state index < -0.39 is 0 Å². The van der Waals surface area contributed by atoms with Gasteiger partial charge in [-0.05, 0) is 5.56 Å². The molecule has 0 saturated heterocycles. The molecule has 1 heterocycles. The Labute approximate surface area is 86.7 Å². The van der Waals surface area contributed by atoms with Gasteiger partial charge in [-0.15, -0.1) is 5.10 Å². The lowest BCUT2D eigenvalue weighted by molar-refractivity contribution is 0.0746. The normalized spacial score (nSPS) is 10.1. The van der Waals surface area contributed by atoms with Gasteiger partial charge in [0, 0.05) is 0 Å². The molecule has 78 valence electrons. The van der Waals surface area contributed by atoms with E-state index in [1.54, 1.807) is 0 Å². The molecule has 0 amide bonds. The smallest absolute Gasteiger partial charge is 0.205 e. The Morgan fingerprint density at radius 2 is 2.07 bits per heavy atom. The van der Waals surface area contributed by atoms with Gasteiger partial charge in [-0.3, -0.25) is 0 Å². The molecule has 0 unspecified atom stereocenters. The summed E-state index contributed by atoms with van der Waals surface area (Å²) in [6.07, 6.45) is 1.24. The minimum Gasteiger partial charge on any atom is -0.503 e. The van der Waals surface area contributed by atoms with Gasteiger partial charge in [-0.1, -0.05) is 35.2 Å². The van der Waals surface area contributed by atoms with Crippen molar-refractivity contribution in [2.45, 2.75) is 6.61 Å². The number of hydrogen-bond acceptors (Lipinski definition) is 4. The highest BCUT2D eigenvalue weighted by Gasteiger charge is 2.05. The average Bonchev–Trinajstić information content (AvgIpc) is 2.59. The number of aromatic nitrogens is 2. The summed E-state index contributed by atoms with van der Waals surface area (Å²) >= 11 is 0. The van der Waals surface area contributed by atoms with Crippen molar-refractivity contribution in [2.75, 3.05) is 5.73 Å². The summed E-state index contributed by atoms with van der Waals surface area (Å²) in [5.74, 6) is 0.0222. The SMILES string of the molecule is Nc1c(O)cnn1OCc1ccccc1. The Kier molecular flexibility index (Phi) is 2.45. The van der Waals surface area contributed by atoms with Crippen molar-refractivity contribution in [3.8, 4) is 5.75 Å². The van der Waals surface area contributed by atoms with Crippen molar-refractivity contribution in [1.29, 1.82) is 0 Å². The lowest BCUT2D eigenvalue weighted by Crippen LogP contribution is -2.14. The summed E-state index contributed by atoms with van der Waals surface area (Å²) in [6, 6.07) is 9.63. The van der Waals surface area contributed by atoms with Crippen LogP contribution in [0.1, 0.15) is 5.56 Å². The zero-order valence-corrected chi connectivity index (χ0v) is 8.00. The molecule has 2 aromatic rings. The molecule has 5 heteroatoms. The van der Waals surface area contributed by atoms with Gasteiger partial charge in [0.2, 0.25) is 5.82 Å². The van der Waals surface area contributed by atoms with Crippen LogP contribution in [0.4, 0.5) is 5.82 Å². The van der Waals surface area contributed by atoms with E-state index in [4.69, 9.17) is 15.7 Å². The number of hydrogen-bond donors (Lipinski definition) is 2. The number of nitrogens with two attached hydrogens (primary N) is 1. The first-order valence-electron chi connectivity index (χ1n) is 4.47. The number of anilines is 1. The van der Waals surface area contributed by atoms with Gasteiger partial charge in [0.05, 0.1) is 6.20 Å². The number of rotatable bonds is 3. The first-order valence-corrected chi connectivity index (χ1v) is 4.47. The summed E-state index contributed by atoms with van der Waals surface area (Å²) in [6.45, 7) is 0.353. The maximum atomic E-state index is 9.15. The van der Waals surface area contributed by atoms with Crippen LogP contribution in [0, 0.1) is 0 Å². The molecule has 1 aromatic carbocycles. The molecular weight excluding hydrogens is 194 g/mol. The fourth-order valence-electron chi connectivity index (χ4n) is 1.15. The molecule has 0 radical (unpaired) electrons. The highest BCUT2D eigenvalue weighted by Crippen LogP contribution is 2.16. The summed E-state index contributed by atoms with van der Waals surface area (Å²) in [5, 5.41) is 12.9. The molecule has 0 aliphatic carbocycles. The predicted octanol–water partition coefficient (Wildman–Crippen LogP) is 0.800. The third kappa shape index (κ3) is 2.01. The zero-order valence-electron chi connectivity index (χ0n) is 8.00. The van der Waals surface area contributed by atoms with Crippen LogP contribution in [0.3, 0.4) is 0 Å². The maximum absolute atomic E-state index is 9.15. The standard InChI is InChI=1S/C10H11N3O2/c11-10-9(14)6-12-13(10)15-7-8-4-2-1-3-5-8/h1-6,14H,7,11H2. The minimum absolute atomic E-state index is 0.0805. The van der Waals surface area contributed by atoms with Gasteiger partial charge in [-0.2, -0.15) is 0 Å². The van der Waals surface area contributed by atoms with Gasteiger partial charge in [-0.25, -0.2) is 0 Å². The van der Waals surface area contributed by atoms with E-state index in [9.17, 15) is 0 Å². The van der Waals surface area contributed by atoms with Crippen molar-refractivity contribution >= 4 is 5.82 Å². The van der Waals surface area contributed by atoms with Crippen LogP contribution in [0.2, 0.25) is 0 Å². The van der Waals surface area contributed by atoms with Crippen LogP contribution in [-0.4, -0.2) is 15.1 Å². The van der Waals surface area contributed by atoms with Crippen LogP contribution < -0.4 is 10.6 Å². The van der Waals surface area contributed by atoms with Crippen molar-refractivity contribution < 1.29 is 9.94 Å². The second kappa shape index (κ2) is 3.91. The third-order valence-corrected chi connectivity index (χ3v) is 1.95. The van der Waals surface area contributed by atoms with E-state index in [-0.39, 0.29) is 11.6 Å². The fourth-order valence-corrected chi connectivity index (χ4v) is 1.15. The van der Waals surface area contributed by atoms with Crippen molar-refractivity contribution in [2.24, 2.45) is 0 Å². The molecule has 2 rings (SSSR count). The molecule has 0 saturated carbocycles. The Balaban J connectivity index is 2.02. The third-order valence-electron chi connectivity index (χ3n) is 1.95. The van der Waals surface area contributed by atoms with E-state index >= 15 is 0 Å². The highest BCUT2D eigenvalue weighted by molar-refractivity contribution is 5.42. The van der Waals surface area contributed by atoms with Crippen molar-refractivity contribution in [3.63, 3.8) is 0 Å². The number of benzene rings is 1. The lowest BCUT2D eigenvalue weighted by atomic mass is 10.2. The van der Waals surface area contributed by atoms with E-state index in [2.05, 4.69) is 5.10 Å². The monoisotopic (exact) mass is 205 g/mol. The molecule has 0 spiro atoms. The molecule has 3 N–H and O–H groups in total. The second-order valence-electron chi connectivity index (χ2n) is 3.05. The van der Waals surface area contributed by atoms with Gasteiger partial charge in [0.1, 0.15) is 6.61 Å². The first kappa shape index (κ1) is 9.39. The van der Waals surface area contributed by atoms with Gasteiger partial charge < -0.3 is 15.7 Å². The quantitative estimate of drug-likeness (QED) is 0.777. The first-order chi connectivity index (χ1) is 7.27. The molecule has 5 nitrogen and oxygen atoms in total. The molecule has 0 aliphatic heterocycles. The Morgan fingerprint density at radius 3 is 2.67 bits per heavy atom. The van der Waals surface area contributed by atoms with Crippen LogP contribution >= 0.6 is 0 Å². The molecule has 0 aliphatic rings. The Morgan fingerprint density at radius 1 is 1.33 bits per heavy atom. The van der Waals surface area contributed by atoms with Gasteiger partial charge >= 0.3 is 0 Å². The number of nitrogens with zero attached hydrogens (tertiary/aromatic N) is 2. The van der Waals surface area contributed by atoms with Crippen LogP contribution in [0.5, 0.6) is 5.75 Å². The topological polar surface area (TPSA) is 73.3 Å². The van der Waals surface area contributed by atoms with Gasteiger partial charge in [0.15, 0.2) is 5.75 Å². The van der Waals surface area contributed by atoms with Crippen LogP contribution in [0.15, 0.2) is 36.5 Å². The van der Waals surface area contributed by atoms with E-state index in [1.165, 1.54) is 6.20 Å². The summed E-state index contributed by atoms with van der Waals surface area (Å²) in [4.78, 5) is 6.36. The molecule has 0 bridgehead atoms. The van der Waals surface area contributed by atoms with Crippen LogP contribution in [0.25, 0.3) is 0 Å². The zero-order chi connectivity index (χ0) is 10.7. The minimum atomic E-state index is -0.0805. The molecule has 0 atom stereocenters. The van der Waals surface area contributed by atoms with E-state index in [0.29, 0.717) is 6.61 Å². The summed E-state index contributed by atoms with van der Waals surface area (Å²) in [5.41, 5.74) is 6.50. The maximum Gasteiger partial charge on any atom is 0.205 e. The van der Waals surface area contributed by atoms with Crippen molar-refractivity contribution in [3.05, 3.63) is 42.1 Å². The van der Waals surface area contributed by atoms with Crippen LogP contribution in [-0.2, 0) is 6.61 Å². The average molecular weight is 205 g/mol. The number of aromatic hydroxyl groups is 1. The highest BCUT2D eigenvalue weighted by atomic mass is 16.7. The molecular formula is C10H11N3O2. The largest absolute Gasteiger partial charge is 0.503 e. The second-order valence-corrected chi connectivity index (χ2v) is 3.05. The van der Waals surface area contributed by atoms with Crippen molar-refractivity contribution in [1.82, 2.24) is 9.94 Å². The Hall–Kier alpha value is -2.17.